The Kier molecular flexibility index (Phi) is 22.4. The molecule has 0 bridgehead atoms. The van der Waals surface area contributed by atoms with E-state index in [2.05, 4.69) is 542 Å². The molecule has 0 nitrogen and oxygen atoms in total. The van der Waals surface area contributed by atoms with Crippen molar-refractivity contribution >= 4 is 151 Å². The highest BCUT2D eigenvalue weighted by molar-refractivity contribution is 6.29. The number of hydrogen-bond acceptors (Lipinski definition) is 0. The molecule has 0 saturated heterocycles. The van der Waals surface area contributed by atoms with Crippen molar-refractivity contribution in [1.82, 2.24) is 0 Å². The Bertz CT molecular complexity index is 10400. The summed E-state index contributed by atoms with van der Waals surface area (Å²) in [5, 5.41) is 35.0. The minimum Gasteiger partial charge on any atom is -0.207 e. The quantitative estimate of drug-likeness (QED) is 0.0845. The van der Waals surface area contributed by atoms with Gasteiger partial charge in [0.15, 0.2) is 0 Å². The molecule has 149 heavy (non-hydrogen) atoms. The van der Waals surface area contributed by atoms with Gasteiger partial charge in [-0.1, -0.05) is 521 Å². The molecule has 29 aromatic rings. The predicted octanol–water partition coefficient (Wildman–Crippen LogP) is 42.0. The third-order valence-electron chi connectivity index (χ3n) is 30.9. The van der Waals surface area contributed by atoms with E-state index >= 15 is 0 Å². The van der Waals surface area contributed by atoms with Gasteiger partial charge in [-0.3, -0.25) is 0 Å². The number of fused-ring (bicyclic) bond motifs is 15. The summed E-state index contributed by atoms with van der Waals surface area (Å²) in [7, 11) is 0. The van der Waals surface area contributed by atoms with Gasteiger partial charge in [0.05, 0.1) is 0 Å². The van der Waals surface area contributed by atoms with Gasteiger partial charge in [-0.15, -0.1) is 0 Å². The molecule has 0 spiro atoms. The van der Waals surface area contributed by atoms with Crippen LogP contribution in [0.25, 0.3) is 284 Å². The average Bonchev–Trinajstić information content (AvgIpc) is 0.708. The van der Waals surface area contributed by atoms with E-state index in [-0.39, 0.29) is 5.82 Å². The van der Waals surface area contributed by atoms with Crippen LogP contribution in [0.4, 0.5) is 4.39 Å². The maximum atomic E-state index is 14.0. The summed E-state index contributed by atoms with van der Waals surface area (Å²) in [5.74, 6) is -0.234. The second kappa shape index (κ2) is 37.6. The van der Waals surface area contributed by atoms with Crippen molar-refractivity contribution in [2.75, 3.05) is 0 Å². The zero-order valence-corrected chi connectivity index (χ0v) is 82.4. The minimum atomic E-state index is -0.234. The first kappa shape index (κ1) is 88.8. The van der Waals surface area contributed by atoms with Crippen LogP contribution in [0.2, 0.25) is 0 Å². The number of rotatable bonds is 12. The molecule has 1 heteroatoms. The van der Waals surface area contributed by atoms with Gasteiger partial charge in [0, 0.05) is 0 Å². The Labute approximate surface area is 865 Å². The first-order chi connectivity index (χ1) is 73.7. The molecule has 0 fully saturated rings. The van der Waals surface area contributed by atoms with Gasteiger partial charge in [0.1, 0.15) is 5.82 Å². The lowest BCUT2D eigenvalue weighted by molar-refractivity contribution is 0.628. The van der Waals surface area contributed by atoms with Crippen molar-refractivity contribution < 1.29 is 4.39 Å². The lowest BCUT2D eigenvalue weighted by Gasteiger charge is -2.21. The maximum absolute atomic E-state index is 14.0. The summed E-state index contributed by atoms with van der Waals surface area (Å²) in [4.78, 5) is 0. The van der Waals surface area contributed by atoms with Crippen LogP contribution in [0.15, 0.2) is 552 Å². The Morgan fingerprint density at radius 1 is 0.107 bits per heavy atom. The predicted molar refractivity (Wildman–Crippen MR) is 639 cm³/mol. The molecule has 0 aliphatic heterocycles. The van der Waals surface area contributed by atoms with E-state index < -0.39 is 0 Å². The van der Waals surface area contributed by atoms with E-state index in [1.807, 2.05) is 12.1 Å². The van der Waals surface area contributed by atoms with E-state index in [9.17, 15) is 4.39 Å². The van der Waals surface area contributed by atoms with Crippen LogP contribution in [0.3, 0.4) is 0 Å². The van der Waals surface area contributed by atoms with Crippen LogP contribution >= 0.6 is 0 Å². The summed E-state index contributed by atoms with van der Waals surface area (Å²) in [6.07, 6.45) is 0. The van der Waals surface area contributed by atoms with Crippen molar-refractivity contribution in [1.29, 1.82) is 0 Å². The van der Waals surface area contributed by atoms with Crippen LogP contribution in [0, 0.1) is 19.7 Å². The molecule has 0 aromatic heterocycles. The van der Waals surface area contributed by atoms with E-state index in [0.717, 1.165) is 16.7 Å². The second-order valence-electron chi connectivity index (χ2n) is 39.6. The average molecular weight is 1890 g/mol. The van der Waals surface area contributed by atoms with Gasteiger partial charge in [0.25, 0.3) is 0 Å². The lowest BCUT2D eigenvalue weighted by atomic mass is 9.82. The molecule has 0 heterocycles. The van der Waals surface area contributed by atoms with E-state index in [1.165, 1.54) is 279 Å². The summed E-state index contributed by atoms with van der Waals surface area (Å²) in [6.45, 7) is 4.34. The Hall–Kier alpha value is -19.1. The van der Waals surface area contributed by atoms with Crippen molar-refractivity contribution in [2.45, 2.75) is 13.8 Å². The number of benzene rings is 29. The summed E-state index contributed by atoms with van der Waals surface area (Å²) in [5.41, 5.74) is 31.8. The van der Waals surface area contributed by atoms with Gasteiger partial charge in [-0.05, 0) is 341 Å². The fourth-order valence-electron chi connectivity index (χ4n) is 24.1. The van der Waals surface area contributed by atoms with E-state index in [4.69, 9.17) is 0 Å². The molecule has 29 aromatic carbocycles. The fraction of sp³-hybridized carbons (Fsp3) is 0.0135. The van der Waals surface area contributed by atoms with Crippen molar-refractivity contribution in [3.8, 4) is 134 Å². The van der Waals surface area contributed by atoms with Gasteiger partial charge >= 0.3 is 0 Å². The van der Waals surface area contributed by atoms with Crippen molar-refractivity contribution in [3.05, 3.63) is 569 Å². The molecular formula is C148H97F. The minimum absolute atomic E-state index is 0.234. The number of aryl methyl sites for hydroxylation is 2. The lowest BCUT2D eigenvalue weighted by Crippen LogP contribution is -1.94. The molecule has 0 unspecified atom stereocenters. The molecule has 0 radical (unpaired) electrons. The summed E-state index contributed by atoms with van der Waals surface area (Å²) < 4.78 is 14.0. The largest absolute Gasteiger partial charge is 0.207 e. The zero-order valence-electron chi connectivity index (χ0n) is 82.4. The first-order valence-electron chi connectivity index (χ1n) is 51.6. The van der Waals surface area contributed by atoms with Gasteiger partial charge in [0.2, 0.25) is 0 Å². The highest BCUT2D eigenvalue weighted by atomic mass is 19.1. The topological polar surface area (TPSA) is 0 Å². The zero-order chi connectivity index (χ0) is 99.1. The molecule has 0 saturated carbocycles. The normalized spacial score (nSPS) is 11.6. The van der Waals surface area contributed by atoms with Crippen molar-refractivity contribution in [3.63, 3.8) is 0 Å². The van der Waals surface area contributed by atoms with Gasteiger partial charge in [-0.25, -0.2) is 4.39 Å². The molecule has 0 aliphatic rings. The van der Waals surface area contributed by atoms with Crippen LogP contribution in [-0.2, 0) is 0 Å². The third-order valence-corrected chi connectivity index (χ3v) is 30.9. The molecule has 696 valence electrons. The molecule has 0 atom stereocenters. The highest BCUT2D eigenvalue weighted by Gasteiger charge is 2.27. The fourth-order valence-corrected chi connectivity index (χ4v) is 24.1. The van der Waals surface area contributed by atoms with E-state index in [0.29, 0.717) is 0 Å². The molecular weight excluding hydrogens is 1800 g/mol. The number of hydrogen-bond donors (Lipinski definition) is 0. The van der Waals surface area contributed by atoms with Gasteiger partial charge in [-0.2, -0.15) is 0 Å². The number of halogens is 1. The molecule has 0 amide bonds. The third kappa shape index (κ3) is 15.9. The molecule has 0 N–H and O–H groups in total. The van der Waals surface area contributed by atoms with Crippen molar-refractivity contribution in [2.24, 2.45) is 0 Å². The standard InChI is InChI=1S/C52H34.C50H34.C46H29F/c1-3-16-35(17-4-1)39-23-9-12-26-45(39)51-47-27-13-14-28-48(47)52(46-29-15-21-37-20-7-8-22-40(37)46)50-34-38(30-31-49(50)51)42-33-32-41(36-18-5-2-6-19-36)43-24-10-11-25-44(42)43;1-31-15-17-36-28-38(21-19-35(36)26-31)49-45-10-5-6-11-46(45)50(39-20-18-33-16-14-32(2)27-40(33)29-39)48-30-37(23-25-47(48)49)42-12-7-13-43-41-9-4-3-8-34(41)22-24-44(42)43;47-34-26-23-32(24-27-34)37-17-5-6-18-39(37)45-41-19-7-8-20-42(41)46(40-22-10-14-31-12-2-4-16-36(31)40)44-29-33(25-28-43(44)45)38-21-9-13-30-11-1-3-15-35(30)38/h1-34H;3-30H,1-2H3;1-29H. The Morgan fingerprint density at radius 3 is 0.846 bits per heavy atom. The first-order valence-corrected chi connectivity index (χ1v) is 51.6. The van der Waals surface area contributed by atoms with E-state index in [1.54, 1.807) is 12.1 Å². The van der Waals surface area contributed by atoms with Crippen LogP contribution in [-0.4, -0.2) is 0 Å². The van der Waals surface area contributed by atoms with Crippen LogP contribution in [0.1, 0.15) is 11.1 Å². The highest BCUT2D eigenvalue weighted by Crippen LogP contribution is 2.54. The van der Waals surface area contributed by atoms with Gasteiger partial charge < -0.3 is 0 Å². The summed E-state index contributed by atoms with van der Waals surface area (Å²) in [6, 6.07) is 201. The smallest absolute Gasteiger partial charge is 0.123 e. The Balaban J connectivity index is 0.000000110. The van der Waals surface area contributed by atoms with Crippen LogP contribution < -0.4 is 0 Å². The monoisotopic (exact) mass is 1890 g/mol. The Morgan fingerprint density at radius 2 is 0.356 bits per heavy atom. The SMILES string of the molecule is Cc1ccc2cc(-c3c4ccccc4c(-c4ccc5ccc(C)cc5c4)c4cc(-c5cccc6c5ccc5ccccc56)ccc34)ccc2c1.Fc1ccc(-c2ccccc2-c2c3ccccc3c(-c3cccc4ccccc34)c3cc(-c4cccc5ccccc45)ccc23)cc1.c1ccc(-c2ccccc2-c2c3ccccc3c(-c3cccc4ccccc34)c3cc(-c4ccc(-c5ccccc5)c5ccccc45)ccc23)cc1. The van der Waals surface area contributed by atoms with Crippen LogP contribution in [0.5, 0.6) is 0 Å². The maximum Gasteiger partial charge on any atom is 0.123 e. The summed E-state index contributed by atoms with van der Waals surface area (Å²) >= 11 is 0. The second-order valence-corrected chi connectivity index (χ2v) is 39.6. The molecule has 0 aliphatic carbocycles. The molecule has 29 rings (SSSR count).